The maximum atomic E-state index is 12.7. The van der Waals surface area contributed by atoms with E-state index in [0.717, 1.165) is 45.2 Å². The molecule has 5 heteroatoms. The summed E-state index contributed by atoms with van der Waals surface area (Å²) in [6, 6.07) is 0. The Kier molecular flexibility index (Phi) is 5.99. The highest BCUT2D eigenvalue weighted by Crippen LogP contribution is 2.35. The lowest BCUT2D eigenvalue weighted by Crippen LogP contribution is -2.58. The number of hydrogen-bond acceptors (Lipinski definition) is 3. The average molecular weight is 284 g/mol. The monoisotopic (exact) mass is 284 g/mol. The summed E-state index contributed by atoms with van der Waals surface area (Å²) < 4.78 is 0. The third-order valence-electron chi connectivity index (χ3n) is 4.38. The third kappa shape index (κ3) is 3.72. The fourth-order valence-corrected chi connectivity index (χ4v) is 3.08. The Bertz CT molecular complexity index is 346. The number of hydrogen-bond donors (Lipinski definition) is 3. The van der Waals surface area contributed by atoms with Crippen LogP contribution >= 0.6 is 0 Å². The Balaban J connectivity index is 2.86. The first-order valence-electron chi connectivity index (χ1n) is 7.67. The molecule has 1 amide bonds. The quantitative estimate of drug-likeness (QED) is 0.667. The zero-order valence-corrected chi connectivity index (χ0v) is 12.9. The Morgan fingerprint density at radius 2 is 1.85 bits per heavy atom. The lowest BCUT2D eigenvalue weighted by atomic mass is 9.74. The average Bonchev–Trinajstić information content (AvgIpc) is 2.40. The number of rotatable bonds is 7. The van der Waals surface area contributed by atoms with Crippen molar-refractivity contribution in [2.75, 3.05) is 13.1 Å². The molecule has 1 aliphatic rings. The standard InChI is InChI=1S/C15H28N2O3/c1-4-6-14(3,13(19)20)17-12(18)15(7-5-2)8-10-16-11-9-15/h16H,4-11H2,1-3H3,(H,17,18)(H,19,20). The van der Waals surface area contributed by atoms with Crippen LogP contribution in [0, 0.1) is 5.41 Å². The first kappa shape index (κ1) is 17.0. The van der Waals surface area contributed by atoms with E-state index in [1.807, 2.05) is 6.92 Å². The molecule has 1 atom stereocenters. The molecule has 0 aliphatic carbocycles. The van der Waals surface area contributed by atoms with E-state index in [4.69, 9.17) is 0 Å². The molecule has 0 aromatic carbocycles. The molecule has 20 heavy (non-hydrogen) atoms. The van der Waals surface area contributed by atoms with Crippen molar-refractivity contribution >= 4 is 11.9 Å². The van der Waals surface area contributed by atoms with E-state index >= 15 is 0 Å². The number of amides is 1. The summed E-state index contributed by atoms with van der Waals surface area (Å²) in [6.45, 7) is 7.26. The molecule has 0 spiro atoms. The zero-order chi connectivity index (χ0) is 15.2. The number of carboxylic acid groups (broad SMARTS) is 1. The van der Waals surface area contributed by atoms with Gasteiger partial charge in [-0.25, -0.2) is 4.79 Å². The lowest BCUT2D eigenvalue weighted by molar-refractivity contribution is -0.150. The van der Waals surface area contributed by atoms with Crippen molar-refractivity contribution in [3.05, 3.63) is 0 Å². The van der Waals surface area contributed by atoms with Crippen LogP contribution in [0.4, 0.5) is 0 Å². The van der Waals surface area contributed by atoms with Crippen molar-refractivity contribution in [2.24, 2.45) is 5.41 Å². The van der Waals surface area contributed by atoms with Gasteiger partial charge in [-0.2, -0.15) is 0 Å². The van der Waals surface area contributed by atoms with E-state index in [2.05, 4.69) is 17.6 Å². The van der Waals surface area contributed by atoms with Crippen molar-refractivity contribution in [3.8, 4) is 0 Å². The Hall–Kier alpha value is -1.10. The summed E-state index contributed by atoms with van der Waals surface area (Å²) in [7, 11) is 0. The van der Waals surface area contributed by atoms with Crippen LogP contribution in [0.1, 0.15) is 59.3 Å². The summed E-state index contributed by atoms with van der Waals surface area (Å²) in [6.07, 6.45) is 4.51. The van der Waals surface area contributed by atoms with E-state index < -0.39 is 16.9 Å². The molecule has 0 aromatic rings. The van der Waals surface area contributed by atoms with Gasteiger partial charge in [-0.1, -0.05) is 26.7 Å². The number of carbonyl (C=O) groups excluding carboxylic acids is 1. The van der Waals surface area contributed by atoms with Gasteiger partial charge in [0, 0.05) is 0 Å². The number of piperidine rings is 1. The molecule has 0 bridgehead atoms. The van der Waals surface area contributed by atoms with Crippen LogP contribution in [0.5, 0.6) is 0 Å². The van der Waals surface area contributed by atoms with Gasteiger partial charge in [0.05, 0.1) is 5.41 Å². The van der Waals surface area contributed by atoms with Crippen LogP contribution in [0.2, 0.25) is 0 Å². The molecule has 1 heterocycles. The third-order valence-corrected chi connectivity index (χ3v) is 4.38. The molecular formula is C15H28N2O3. The van der Waals surface area contributed by atoms with Gasteiger partial charge in [0.15, 0.2) is 0 Å². The minimum atomic E-state index is -1.16. The Labute approximate surface area is 121 Å². The molecule has 3 N–H and O–H groups in total. The fraction of sp³-hybridized carbons (Fsp3) is 0.867. The first-order valence-corrected chi connectivity index (χ1v) is 7.67. The van der Waals surface area contributed by atoms with Gasteiger partial charge in [0.25, 0.3) is 0 Å². The smallest absolute Gasteiger partial charge is 0.329 e. The molecule has 0 saturated carbocycles. The lowest BCUT2D eigenvalue weighted by Gasteiger charge is -2.39. The van der Waals surface area contributed by atoms with E-state index in [1.54, 1.807) is 6.92 Å². The van der Waals surface area contributed by atoms with Crippen molar-refractivity contribution < 1.29 is 14.7 Å². The van der Waals surface area contributed by atoms with Gasteiger partial charge < -0.3 is 15.7 Å². The van der Waals surface area contributed by atoms with E-state index in [9.17, 15) is 14.7 Å². The molecule has 1 fully saturated rings. The van der Waals surface area contributed by atoms with Gasteiger partial charge in [0.1, 0.15) is 5.54 Å². The summed E-state index contributed by atoms with van der Waals surface area (Å²) in [5.41, 5.74) is -1.55. The number of nitrogens with one attached hydrogen (secondary N) is 2. The minimum absolute atomic E-state index is 0.0841. The topological polar surface area (TPSA) is 78.4 Å². The Morgan fingerprint density at radius 1 is 1.25 bits per heavy atom. The highest BCUT2D eigenvalue weighted by molar-refractivity contribution is 5.89. The zero-order valence-electron chi connectivity index (χ0n) is 12.9. The second kappa shape index (κ2) is 7.07. The first-order chi connectivity index (χ1) is 9.40. The van der Waals surface area contributed by atoms with Crippen LogP contribution in [0.3, 0.4) is 0 Å². The molecule has 0 radical (unpaired) electrons. The molecule has 1 unspecified atom stereocenters. The summed E-state index contributed by atoms with van der Waals surface area (Å²) in [5.74, 6) is -1.03. The van der Waals surface area contributed by atoms with E-state index in [0.29, 0.717) is 6.42 Å². The van der Waals surface area contributed by atoms with Gasteiger partial charge in [-0.05, 0) is 45.7 Å². The van der Waals surface area contributed by atoms with E-state index in [-0.39, 0.29) is 5.91 Å². The Morgan fingerprint density at radius 3 is 2.30 bits per heavy atom. The molecular weight excluding hydrogens is 256 g/mol. The highest BCUT2D eigenvalue weighted by atomic mass is 16.4. The van der Waals surface area contributed by atoms with Crippen molar-refractivity contribution in [1.29, 1.82) is 0 Å². The largest absolute Gasteiger partial charge is 0.480 e. The minimum Gasteiger partial charge on any atom is -0.480 e. The van der Waals surface area contributed by atoms with Crippen LogP contribution < -0.4 is 10.6 Å². The fourth-order valence-electron chi connectivity index (χ4n) is 3.08. The molecule has 1 saturated heterocycles. The van der Waals surface area contributed by atoms with Crippen LogP contribution in [-0.4, -0.2) is 35.6 Å². The normalized spacial score (nSPS) is 20.9. The van der Waals surface area contributed by atoms with Gasteiger partial charge >= 0.3 is 5.97 Å². The van der Waals surface area contributed by atoms with Gasteiger partial charge in [-0.15, -0.1) is 0 Å². The van der Waals surface area contributed by atoms with Crippen molar-refractivity contribution in [2.45, 2.75) is 64.8 Å². The number of aliphatic carboxylic acids is 1. The second-order valence-corrected chi connectivity index (χ2v) is 6.12. The number of carboxylic acids is 1. The molecule has 116 valence electrons. The summed E-state index contributed by atoms with van der Waals surface area (Å²) in [5, 5.41) is 15.5. The number of carbonyl (C=O) groups is 2. The maximum Gasteiger partial charge on any atom is 0.329 e. The van der Waals surface area contributed by atoms with Crippen LogP contribution in [-0.2, 0) is 9.59 Å². The maximum absolute atomic E-state index is 12.7. The highest BCUT2D eigenvalue weighted by Gasteiger charge is 2.43. The SMILES string of the molecule is CCCC1(C(=O)NC(C)(CCC)C(=O)O)CCNCC1. The summed E-state index contributed by atoms with van der Waals surface area (Å²) >= 11 is 0. The van der Waals surface area contributed by atoms with Crippen LogP contribution in [0.25, 0.3) is 0 Å². The predicted octanol–water partition coefficient (Wildman–Crippen LogP) is 1.92. The molecule has 5 nitrogen and oxygen atoms in total. The molecule has 1 rings (SSSR count). The second-order valence-electron chi connectivity index (χ2n) is 6.12. The summed E-state index contributed by atoms with van der Waals surface area (Å²) in [4.78, 5) is 24.2. The molecule has 0 aromatic heterocycles. The van der Waals surface area contributed by atoms with Gasteiger partial charge in [0.2, 0.25) is 5.91 Å². The van der Waals surface area contributed by atoms with E-state index in [1.165, 1.54) is 0 Å². The van der Waals surface area contributed by atoms with Crippen LogP contribution in [0.15, 0.2) is 0 Å². The predicted molar refractivity (Wildman–Crippen MR) is 78.5 cm³/mol. The van der Waals surface area contributed by atoms with Crippen molar-refractivity contribution in [3.63, 3.8) is 0 Å². The van der Waals surface area contributed by atoms with Crippen molar-refractivity contribution in [1.82, 2.24) is 10.6 Å². The molecule has 1 aliphatic heterocycles. The van der Waals surface area contributed by atoms with Gasteiger partial charge in [-0.3, -0.25) is 4.79 Å².